The minimum atomic E-state index is -0.280. The van der Waals surface area contributed by atoms with Gasteiger partial charge in [-0.15, -0.1) is 11.3 Å². The highest BCUT2D eigenvalue weighted by molar-refractivity contribution is 7.16. The van der Waals surface area contributed by atoms with Crippen LogP contribution >= 0.6 is 11.3 Å². The number of hydrogen-bond acceptors (Lipinski definition) is 5. The van der Waals surface area contributed by atoms with Gasteiger partial charge >= 0.3 is 6.09 Å². The van der Waals surface area contributed by atoms with Gasteiger partial charge in [-0.2, -0.15) is 5.26 Å². The van der Waals surface area contributed by atoms with E-state index in [9.17, 15) is 14.9 Å². The molecule has 0 radical (unpaired) electrons. The van der Waals surface area contributed by atoms with Gasteiger partial charge in [0.1, 0.15) is 11.1 Å². The van der Waals surface area contributed by atoms with Gasteiger partial charge in [-0.1, -0.05) is 6.92 Å². The number of piperazine rings is 1. The molecule has 1 aliphatic heterocycles. The molecule has 0 saturated carbocycles. The fourth-order valence-electron chi connectivity index (χ4n) is 3.75. The van der Waals surface area contributed by atoms with Crippen molar-refractivity contribution in [1.29, 1.82) is 5.26 Å². The molecule has 2 amide bonds. The minimum absolute atomic E-state index is 0.0715. The van der Waals surface area contributed by atoms with Crippen LogP contribution in [-0.2, 0) is 22.4 Å². The Kier molecular flexibility index (Phi) is 6.34. The quantitative estimate of drug-likeness (QED) is 0.803. The molecule has 2 heterocycles. The maximum Gasteiger partial charge on any atom is 0.410 e. The number of carbonyl (C=O) groups is 2. The van der Waals surface area contributed by atoms with Gasteiger partial charge in [0.15, 0.2) is 6.54 Å². The van der Waals surface area contributed by atoms with Crippen LogP contribution in [0.5, 0.6) is 0 Å². The summed E-state index contributed by atoms with van der Waals surface area (Å²) >= 11 is 1.56. The van der Waals surface area contributed by atoms with E-state index in [4.69, 9.17) is 4.74 Å². The SMILES string of the molecule is CCOC(=O)N1CC[NH+](CC(=O)Nc2sc3c(c2C#N)CC[C@H](C)C3)CC1. The highest BCUT2D eigenvalue weighted by atomic mass is 32.1. The van der Waals surface area contributed by atoms with Crippen molar-refractivity contribution >= 4 is 28.3 Å². The smallest absolute Gasteiger partial charge is 0.410 e. The highest BCUT2D eigenvalue weighted by Crippen LogP contribution is 2.39. The first-order valence-corrected chi connectivity index (χ1v) is 10.4. The minimum Gasteiger partial charge on any atom is -0.450 e. The predicted octanol–water partition coefficient (Wildman–Crippen LogP) is 1.04. The van der Waals surface area contributed by atoms with Crippen molar-refractivity contribution in [1.82, 2.24) is 4.90 Å². The van der Waals surface area contributed by atoms with Crippen molar-refractivity contribution in [2.75, 3.05) is 44.6 Å². The van der Waals surface area contributed by atoms with E-state index >= 15 is 0 Å². The van der Waals surface area contributed by atoms with Crippen LogP contribution in [0.15, 0.2) is 0 Å². The molecule has 2 N–H and O–H groups in total. The topological polar surface area (TPSA) is 86.9 Å². The van der Waals surface area contributed by atoms with Gasteiger partial charge in [0.2, 0.25) is 0 Å². The zero-order valence-electron chi connectivity index (χ0n) is 16.0. The van der Waals surface area contributed by atoms with Crippen molar-refractivity contribution in [3.63, 3.8) is 0 Å². The molecule has 1 aromatic rings. The van der Waals surface area contributed by atoms with E-state index in [2.05, 4.69) is 18.3 Å². The van der Waals surface area contributed by atoms with Gasteiger partial charge in [0.05, 0.1) is 38.3 Å². The monoisotopic (exact) mass is 391 g/mol. The predicted molar refractivity (Wildman–Crippen MR) is 103 cm³/mol. The Balaban J connectivity index is 1.55. The summed E-state index contributed by atoms with van der Waals surface area (Å²) in [5, 5.41) is 13.2. The lowest BCUT2D eigenvalue weighted by molar-refractivity contribution is -0.895. The van der Waals surface area contributed by atoms with Gasteiger partial charge < -0.3 is 15.0 Å². The first-order chi connectivity index (χ1) is 13.0. The van der Waals surface area contributed by atoms with Crippen LogP contribution in [0, 0.1) is 17.2 Å². The summed E-state index contributed by atoms with van der Waals surface area (Å²) < 4.78 is 5.02. The third kappa shape index (κ3) is 4.60. The van der Waals surface area contributed by atoms with Crippen LogP contribution in [-0.4, -0.2) is 56.2 Å². The maximum atomic E-state index is 12.5. The van der Waals surface area contributed by atoms with Gasteiger partial charge in [-0.25, -0.2) is 4.79 Å². The van der Waals surface area contributed by atoms with Crippen LogP contribution in [0.25, 0.3) is 0 Å². The molecule has 7 nitrogen and oxygen atoms in total. The summed E-state index contributed by atoms with van der Waals surface area (Å²) in [6, 6.07) is 2.29. The third-order valence-electron chi connectivity index (χ3n) is 5.28. The second-order valence-corrected chi connectivity index (χ2v) is 8.43. The summed E-state index contributed by atoms with van der Waals surface area (Å²) in [5.41, 5.74) is 1.78. The summed E-state index contributed by atoms with van der Waals surface area (Å²) in [6.07, 6.45) is 2.73. The van der Waals surface area contributed by atoms with Crippen LogP contribution < -0.4 is 10.2 Å². The van der Waals surface area contributed by atoms with Gasteiger partial charge in [0, 0.05) is 4.88 Å². The Bertz CT molecular complexity index is 747. The molecule has 1 fully saturated rings. The van der Waals surface area contributed by atoms with Crippen LogP contribution in [0.3, 0.4) is 0 Å². The number of ether oxygens (including phenoxy) is 1. The molecular weight excluding hydrogens is 364 g/mol. The molecular formula is C19H27N4O3S+. The summed E-state index contributed by atoms with van der Waals surface area (Å²) in [5.74, 6) is 0.559. The van der Waals surface area contributed by atoms with E-state index in [1.165, 1.54) is 4.88 Å². The lowest BCUT2D eigenvalue weighted by Crippen LogP contribution is -3.15. The molecule has 0 unspecified atom stereocenters. The average Bonchev–Trinajstić information content (AvgIpc) is 2.98. The molecule has 1 aromatic heterocycles. The van der Waals surface area contributed by atoms with Crippen molar-refractivity contribution in [3.8, 4) is 6.07 Å². The lowest BCUT2D eigenvalue weighted by atomic mass is 9.89. The number of thiophene rings is 1. The summed E-state index contributed by atoms with van der Waals surface area (Å²) in [4.78, 5) is 28.3. The summed E-state index contributed by atoms with van der Waals surface area (Å²) in [7, 11) is 0. The number of nitrogens with one attached hydrogen (secondary N) is 2. The fraction of sp³-hybridized carbons (Fsp3) is 0.632. The molecule has 0 spiro atoms. The number of nitriles is 1. The largest absolute Gasteiger partial charge is 0.450 e. The van der Waals surface area contributed by atoms with Crippen LogP contribution in [0.4, 0.5) is 9.80 Å². The Morgan fingerprint density at radius 2 is 2.15 bits per heavy atom. The zero-order valence-corrected chi connectivity index (χ0v) is 16.8. The second kappa shape index (κ2) is 8.72. The van der Waals surface area contributed by atoms with Crippen molar-refractivity contribution in [2.45, 2.75) is 33.1 Å². The number of nitrogens with zero attached hydrogens (tertiary/aromatic N) is 2. The Morgan fingerprint density at radius 1 is 1.41 bits per heavy atom. The molecule has 3 rings (SSSR count). The van der Waals surface area contributed by atoms with Crippen molar-refractivity contribution in [2.24, 2.45) is 5.92 Å². The molecule has 146 valence electrons. The number of rotatable bonds is 4. The molecule has 0 bridgehead atoms. The Hall–Kier alpha value is -2.11. The highest BCUT2D eigenvalue weighted by Gasteiger charge is 2.28. The first kappa shape index (κ1) is 19.6. The van der Waals surface area contributed by atoms with Gasteiger partial charge in [0.25, 0.3) is 5.91 Å². The van der Waals surface area contributed by atoms with Gasteiger partial charge in [-0.3, -0.25) is 9.69 Å². The van der Waals surface area contributed by atoms with Crippen molar-refractivity contribution < 1.29 is 19.2 Å². The molecule has 1 aliphatic carbocycles. The number of carbonyl (C=O) groups excluding carboxylic acids is 2. The third-order valence-corrected chi connectivity index (χ3v) is 6.45. The second-order valence-electron chi connectivity index (χ2n) is 7.33. The number of amides is 2. The fourth-order valence-corrected chi connectivity index (χ4v) is 5.13. The van der Waals surface area contributed by atoms with E-state index < -0.39 is 0 Å². The molecule has 8 heteroatoms. The first-order valence-electron chi connectivity index (χ1n) is 9.61. The lowest BCUT2D eigenvalue weighted by Gasteiger charge is -2.31. The van der Waals surface area contributed by atoms with E-state index in [-0.39, 0.29) is 12.0 Å². The number of anilines is 1. The molecule has 2 aliphatic rings. The Labute approximate surface area is 163 Å². The number of quaternary nitrogens is 1. The molecule has 27 heavy (non-hydrogen) atoms. The Morgan fingerprint density at radius 3 is 2.81 bits per heavy atom. The van der Waals surface area contributed by atoms with E-state index in [1.807, 2.05) is 0 Å². The zero-order chi connectivity index (χ0) is 19.4. The van der Waals surface area contributed by atoms with Crippen LogP contribution in [0.2, 0.25) is 0 Å². The van der Waals surface area contributed by atoms with E-state index in [0.29, 0.717) is 42.7 Å². The molecule has 1 atom stereocenters. The van der Waals surface area contributed by atoms with Gasteiger partial charge in [-0.05, 0) is 37.7 Å². The molecule has 1 saturated heterocycles. The average molecular weight is 392 g/mol. The number of fused-ring (bicyclic) bond motifs is 1. The normalized spacial score (nSPS) is 19.9. The van der Waals surface area contributed by atoms with Crippen LogP contribution in [0.1, 0.15) is 36.3 Å². The van der Waals surface area contributed by atoms with E-state index in [0.717, 1.165) is 42.8 Å². The van der Waals surface area contributed by atoms with E-state index in [1.54, 1.807) is 23.2 Å². The molecule has 0 aromatic carbocycles. The summed E-state index contributed by atoms with van der Waals surface area (Å²) in [6.45, 7) is 7.37. The number of hydrogen-bond donors (Lipinski definition) is 2. The maximum absolute atomic E-state index is 12.5. The standard InChI is InChI=1S/C19H26N4O3S/c1-3-26-19(25)23-8-6-22(7-9-23)12-17(24)21-18-15(11-20)14-5-4-13(2)10-16(14)27-18/h13H,3-10,12H2,1-2H3,(H,21,24)/p+1/t13-/m0/s1. The van der Waals surface area contributed by atoms with Crippen molar-refractivity contribution in [3.05, 3.63) is 16.0 Å².